The molecule has 0 aliphatic rings. The minimum absolute atomic E-state index is 0.0506. The highest BCUT2D eigenvalue weighted by molar-refractivity contribution is 6.33. The lowest BCUT2D eigenvalue weighted by Gasteiger charge is -2.14. The van der Waals surface area contributed by atoms with Crippen LogP contribution < -0.4 is 20.3 Å². The predicted molar refractivity (Wildman–Crippen MR) is 86.0 cm³/mol. The molecule has 0 spiro atoms. The zero-order valence-corrected chi connectivity index (χ0v) is 13.6. The normalized spacial score (nSPS) is 10.3. The molecule has 0 aliphatic carbocycles. The first kappa shape index (κ1) is 18.5. The Hall–Kier alpha value is -2.87. The molecule has 2 rings (SSSR count). The number of carbonyl (C=O) groups excluding carboxylic acids is 2. The van der Waals surface area contributed by atoms with Crippen LogP contribution in [-0.4, -0.2) is 25.5 Å². The fraction of sp³-hybridized carbons (Fsp3) is 0.125. The van der Waals surface area contributed by atoms with E-state index in [9.17, 15) is 18.4 Å². The van der Waals surface area contributed by atoms with Crippen LogP contribution in [0.25, 0.3) is 0 Å². The van der Waals surface area contributed by atoms with Gasteiger partial charge in [0.25, 0.3) is 11.8 Å². The van der Waals surface area contributed by atoms with E-state index in [0.717, 1.165) is 0 Å². The summed E-state index contributed by atoms with van der Waals surface area (Å²) >= 11 is 5.88. The van der Waals surface area contributed by atoms with E-state index in [1.165, 1.54) is 37.4 Å². The Morgan fingerprint density at radius 1 is 1.00 bits per heavy atom. The largest absolute Gasteiger partial charge is 0.493 e. The van der Waals surface area contributed by atoms with Gasteiger partial charge in [0.1, 0.15) is 0 Å². The number of hydrazine groups is 1. The lowest BCUT2D eigenvalue weighted by Crippen LogP contribution is -2.41. The first-order valence-electron chi connectivity index (χ1n) is 6.91. The maximum Gasteiger partial charge on any atom is 0.387 e. The van der Waals surface area contributed by atoms with Crippen molar-refractivity contribution in [1.29, 1.82) is 0 Å². The lowest BCUT2D eigenvalue weighted by molar-refractivity contribution is -0.0515. The van der Waals surface area contributed by atoms with Gasteiger partial charge in [-0.25, -0.2) is 0 Å². The molecule has 0 saturated heterocycles. The summed E-state index contributed by atoms with van der Waals surface area (Å²) in [6.45, 7) is -3.15. The number of para-hydroxylation sites is 1. The fourth-order valence-electron chi connectivity index (χ4n) is 1.96. The molecule has 0 atom stereocenters. The van der Waals surface area contributed by atoms with Crippen LogP contribution in [0, 0.1) is 0 Å². The average Bonchev–Trinajstić information content (AvgIpc) is 2.59. The highest BCUT2D eigenvalue weighted by Crippen LogP contribution is 2.32. The monoisotopic (exact) mass is 370 g/mol. The number of ether oxygens (including phenoxy) is 2. The number of hydrogen-bond donors (Lipinski definition) is 2. The van der Waals surface area contributed by atoms with Crippen LogP contribution in [0.4, 0.5) is 8.78 Å². The van der Waals surface area contributed by atoms with Crippen molar-refractivity contribution in [3.05, 3.63) is 58.6 Å². The Labute approximate surface area is 146 Å². The van der Waals surface area contributed by atoms with Crippen LogP contribution in [0.5, 0.6) is 11.5 Å². The Morgan fingerprint density at radius 3 is 2.20 bits per heavy atom. The van der Waals surface area contributed by atoms with Crippen LogP contribution in [0.2, 0.25) is 5.02 Å². The number of halogens is 3. The Bertz CT molecular complexity index is 786. The Kier molecular flexibility index (Phi) is 6.13. The number of carbonyl (C=O) groups is 2. The summed E-state index contributed by atoms with van der Waals surface area (Å²) in [4.78, 5) is 24.2. The smallest absolute Gasteiger partial charge is 0.387 e. The topological polar surface area (TPSA) is 76.7 Å². The van der Waals surface area contributed by atoms with Crippen molar-refractivity contribution < 1.29 is 27.8 Å². The lowest BCUT2D eigenvalue weighted by atomic mass is 10.1. The van der Waals surface area contributed by atoms with Crippen molar-refractivity contribution in [3.8, 4) is 11.5 Å². The van der Waals surface area contributed by atoms with E-state index in [1.807, 2.05) is 0 Å². The highest BCUT2D eigenvalue weighted by Gasteiger charge is 2.21. The summed E-state index contributed by atoms with van der Waals surface area (Å²) in [5, 5.41) is 0.192. The van der Waals surface area contributed by atoms with Crippen LogP contribution >= 0.6 is 11.6 Å². The standard InChI is InChI=1S/C16H13ClF2N2O4/c1-24-12-8-4-6-10(13(12)25-16(18)19)15(23)21-20-14(22)9-5-2-3-7-11(9)17/h2-8,16H,1H3,(H,20,22)(H,21,23). The third kappa shape index (κ3) is 4.57. The van der Waals surface area contributed by atoms with E-state index in [0.29, 0.717) is 0 Å². The molecule has 2 amide bonds. The zero-order chi connectivity index (χ0) is 18.4. The van der Waals surface area contributed by atoms with E-state index < -0.39 is 24.2 Å². The molecule has 2 aromatic rings. The molecule has 0 unspecified atom stereocenters. The minimum Gasteiger partial charge on any atom is -0.493 e. The summed E-state index contributed by atoms with van der Waals surface area (Å²) in [7, 11) is 1.24. The number of hydrogen-bond acceptors (Lipinski definition) is 4. The highest BCUT2D eigenvalue weighted by atomic mass is 35.5. The molecule has 0 saturated carbocycles. The van der Waals surface area contributed by atoms with Crippen LogP contribution in [0.1, 0.15) is 20.7 Å². The summed E-state index contributed by atoms with van der Waals surface area (Å²) < 4.78 is 34.4. The van der Waals surface area contributed by atoms with Crippen molar-refractivity contribution in [1.82, 2.24) is 10.9 Å². The molecule has 0 heterocycles. The maximum atomic E-state index is 12.6. The van der Waals surface area contributed by atoms with Crippen molar-refractivity contribution in [2.45, 2.75) is 6.61 Å². The second kappa shape index (κ2) is 8.29. The van der Waals surface area contributed by atoms with Crippen molar-refractivity contribution in [2.75, 3.05) is 7.11 Å². The molecule has 9 heteroatoms. The molecule has 2 N–H and O–H groups in total. The third-order valence-corrected chi connectivity index (χ3v) is 3.39. The number of benzene rings is 2. The Morgan fingerprint density at radius 2 is 1.60 bits per heavy atom. The SMILES string of the molecule is COc1cccc(C(=O)NNC(=O)c2ccccc2Cl)c1OC(F)F. The molecule has 132 valence electrons. The van der Waals surface area contributed by atoms with Crippen LogP contribution in [0.15, 0.2) is 42.5 Å². The molecule has 0 fully saturated rings. The van der Waals surface area contributed by atoms with E-state index in [4.69, 9.17) is 16.3 Å². The molecule has 0 bridgehead atoms. The van der Waals surface area contributed by atoms with Crippen LogP contribution in [0.3, 0.4) is 0 Å². The number of methoxy groups -OCH3 is 1. The number of nitrogens with one attached hydrogen (secondary N) is 2. The summed E-state index contributed by atoms with van der Waals surface area (Å²) in [6.07, 6.45) is 0. The molecule has 0 radical (unpaired) electrons. The number of alkyl halides is 2. The molecule has 25 heavy (non-hydrogen) atoms. The van der Waals surface area contributed by atoms with E-state index >= 15 is 0 Å². The molecule has 0 aromatic heterocycles. The van der Waals surface area contributed by atoms with Gasteiger partial charge in [-0.15, -0.1) is 0 Å². The Balaban J connectivity index is 2.16. The first-order chi connectivity index (χ1) is 11.9. The van der Waals surface area contributed by atoms with E-state index in [-0.39, 0.29) is 21.9 Å². The van der Waals surface area contributed by atoms with Gasteiger partial charge in [-0.1, -0.05) is 29.8 Å². The van der Waals surface area contributed by atoms with Gasteiger partial charge in [-0.05, 0) is 24.3 Å². The van der Waals surface area contributed by atoms with Gasteiger partial charge in [0.2, 0.25) is 0 Å². The molecule has 0 aliphatic heterocycles. The van der Waals surface area contributed by atoms with E-state index in [2.05, 4.69) is 15.6 Å². The fourth-order valence-corrected chi connectivity index (χ4v) is 2.18. The summed E-state index contributed by atoms with van der Waals surface area (Å²) in [5.41, 5.74) is 4.16. The van der Waals surface area contributed by atoms with Crippen molar-refractivity contribution in [2.24, 2.45) is 0 Å². The summed E-state index contributed by atoms with van der Waals surface area (Å²) in [5.74, 6) is -2.02. The number of rotatable bonds is 5. The third-order valence-electron chi connectivity index (χ3n) is 3.06. The van der Waals surface area contributed by atoms with Gasteiger partial charge < -0.3 is 9.47 Å². The van der Waals surface area contributed by atoms with Crippen molar-refractivity contribution in [3.63, 3.8) is 0 Å². The van der Waals surface area contributed by atoms with Gasteiger partial charge >= 0.3 is 6.61 Å². The van der Waals surface area contributed by atoms with Gasteiger partial charge in [-0.3, -0.25) is 20.4 Å². The predicted octanol–water partition coefficient (Wildman–Crippen LogP) is 3.02. The van der Waals surface area contributed by atoms with Gasteiger partial charge in [0.15, 0.2) is 11.5 Å². The average molecular weight is 371 g/mol. The van der Waals surface area contributed by atoms with Gasteiger partial charge in [0.05, 0.1) is 23.3 Å². The maximum absolute atomic E-state index is 12.6. The quantitative estimate of drug-likeness (QED) is 0.793. The molecule has 6 nitrogen and oxygen atoms in total. The van der Waals surface area contributed by atoms with Gasteiger partial charge in [-0.2, -0.15) is 8.78 Å². The second-order valence-electron chi connectivity index (χ2n) is 4.60. The second-order valence-corrected chi connectivity index (χ2v) is 5.01. The number of amides is 2. The molecular weight excluding hydrogens is 358 g/mol. The van der Waals surface area contributed by atoms with Crippen LogP contribution in [-0.2, 0) is 0 Å². The van der Waals surface area contributed by atoms with Crippen molar-refractivity contribution >= 4 is 23.4 Å². The summed E-state index contributed by atoms with van der Waals surface area (Å²) in [6, 6.07) is 10.2. The first-order valence-corrected chi connectivity index (χ1v) is 7.29. The van der Waals surface area contributed by atoms with E-state index in [1.54, 1.807) is 12.1 Å². The minimum atomic E-state index is -3.15. The zero-order valence-electron chi connectivity index (χ0n) is 12.9. The van der Waals surface area contributed by atoms with Gasteiger partial charge in [0, 0.05) is 0 Å². The molecule has 2 aromatic carbocycles. The molecular formula is C16H13ClF2N2O4.